The predicted molar refractivity (Wildman–Crippen MR) is 79.0 cm³/mol. The van der Waals surface area contributed by atoms with Crippen LogP contribution >= 0.6 is 11.8 Å². The summed E-state index contributed by atoms with van der Waals surface area (Å²) in [6.45, 7) is 6.66. The number of aromatic nitrogens is 3. The molecule has 1 heterocycles. The van der Waals surface area contributed by atoms with Crippen molar-refractivity contribution in [1.29, 1.82) is 0 Å². The van der Waals surface area contributed by atoms with Crippen LogP contribution in [-0.4, -0.2) is 31.6 Å². The van der Waals surface area contributed by atoms with E-state index in [1.165, 1.54) is 24.6 Å². The molecule has 1 N–H and O–H groups in total. The molecule has 1 aliphatic rings. The molecule has 1 saturated carbocycles. The molecule has 1 aromatic heterocycles. The Labute approximate surface area is 124 Å². The van der Waals surface area contributed by atoms with Crippen LogP contribution in [0.2, 0.25) is 0 Å². The molecule has 112 valence electrons. The average Bonchev–Trinajstić information content (AvgIpc) is 2.79. The average molecular weight is 297 g/mol. The van der Waals surface area contributed by atoms with Crippen LogP contribution in [0.1, 0.15) is 51.9 Å². The zero-order valence-corrected chi connectivity index (χ0v) is 13.2. The fourth-order valence-electron chi connectivity index (χ4n) is 3.14. The van der Waals surface area contributed by atoms with E-state index >= 15 is 0 Å². The van der Waals surface area contributed by atoms with Gasteiger partial charge in [0.25, 0.3) is 0 Å². The molecule has 0 bridgehead atoms. The number of carboxylic acid groups (broad SMARTS) is 1. The maximum atomic E-state index is 10.8. The van der Waals surface area contributed by atoms with Gasteiger partial charge < -0.3 is 9.67 Å². The molecular formula is C14H23N3O2S. The van der Waals surface area contributed by atoms with Crippen LogP contribution in [0, 0.1) is 11.8 Å². The first kappa shape index (κ1) is 15.4. The van der Waals surface area contributed by atoms with Gasteiger partial charge in [-0.25, -0.2) is 0 Å². The highest BCUT2D eigenvalue weighted by Gasteiger charge is 2.30. The summed E-state index contributed by atoms with van der Waals surface area (Å²) >= 11 is 1.28. The van der Waals surface area contributed by atoms with Crippen LogP contribution in [0.5, 0.6) is 0 Å². The summed E-state index contributed by atoms with van der Waals surface area (Å²) in [4.78, 5) is 10.8. The topological polar surface area (TPSA) is 68.0 Å². The molecule has 0 radical (unpaired) electrons. The van der Waals surface area contributed by atoms with E-state index in [-0.39, 0.29) is 5.75 Å². The van der Waals surface area contributed by atoms with E-state index in [2.05, 4.69) is 35.5 Å². The third-order valence-corrected chi connectivity index (χ3v) is 5.02. The van der Waals surface area contributed by atoms with Gasteiger partial charge in [0.1, 0.15) is 5.82 Å². The van der Waals surface area contributed by atoms with Crippen molar-refractivity contribution in [3.8, 4) is 0 Å². The molecule has 0 aromatic carbocycles. The van der Waals surface area contributed by atoms with Crippen molar-refractivity contribution in [1.82, 2.24) is 14.8 Å². The Bertz CT molecular complexity index is 475. The summed E-state index contributed by atoms with van der Waals surface area (Å²) < 4.78 is 2.20. The molecule has 1 fully saturated rings. The number of thioether (sulfide) groups is 1. The van der Waals surface area contributed by atoms with Gasteiger partial charge in [-0.3, -0.25) is 4.79 Å². The molecule has 0 amide bonds. The van der Waals surface area contributed by atoms with Crippen molar-refractivity contribution in [3.05, 3.63) is 5.82 Å². The first-order valence-electron chi connectivity index (χ1n) is 7.31. The minimum absolute atomic E-state index is 0.0410. The van der Waals surface area contributed by atoms with E-state index in [4.69, 9.17) is 5.11 Å². The zero-order chi connectivity index (χ0) is 14.7. The Morgan fingerprint density at radius 1 is 1.40 bits per heavy atom. The number of nitrogens with zero attached hydrogens (tertiary/aromatic N) is 3. The van der Waals surface area contributed by atoms with Crippen LogP contribution in [0.15, 0.2) is 5.16 Å². The van der Waals surface area contributed by atoms with Crippen LogP contribution in [0.4, 0.5) is 0 Å². The zero-order valence-electron chi connectivity index (χ0n) is 12.4. The van der Waals surface area contributed by atoms with Gasteiger partial charge in [-0.15, -0.1) is 10.2 Å². The van der Waals surface area contributed by atoms with Gasteiger partial charge in [0.05, 0.1) is 5.75 Å². The standard InChI is InChI=1S/C14H23N3O2S/c1-4-12-15-16-14(20-8-13(18)19)17(12)11-6-5-9(2)7-10(11)3/h9-11H,4-8H2,1-3H3,(H,18,19). The number of aryl methyl sites for hydroxylation is 1. The number of aliphatic carboxylic acids is 1. The largest absolute Gasteiger partial charge is 0.481 e. The summed E-state index contributed by atoms with van der Waals surface area (Å²) in [5.41, 5.74) is 0. The lowest BCUT2D eigenvalue weighted by Crippen LogP contribution is -2.26. The van der Waals surface area contributed by atoms with Crippen molar-refractivity contribution in [2.45, 2.75) is 57.7 Å². The molecule has 2 rings (SSSR count). The fourth-order valence-corrected chi connectivity index (χ4v) is 3.87. The quantitative estimate of drug-likeness (QED) is 0.846. The molecule has 0 aliphatic heterocycles. The Morgan fingerprint density at radius 2 is 2.15 bits per heavy atom. The smallest absolute Gasteiger partial charge is 0.313 e. The number of rotatable bonds is 5. The minimum Gasteiger partial charge on any atom is -0.481 e. The summed E-state index contributed by atoms with van der Waals surface area (Å²) in [5, 5.41) is 18.0. The maximum absolute atomic E-state index is 10.8. The lowest BCUT2D eigenvalue weighted by molar-refractivity contribution is -0.133. The molecule has 0 spiro atoms. The second-order valence-corrected chi connectivity index (χ2v) is 6.71. The third kappa shape index (κ3) is 3.34. The molecule has 5 nitrogen and oxygen atoms in total. The SMILES string of the molecule is CCc1nnc(SCC(=O)O)n1C1CCC(C)CC1C. The molecule has 3 atom stereocenters. The van der Waals surface area contributed by atoms with E-state index in [0.29, 0.717) is 12.0 Å². The number of hydrogen-bond donors (Lipinski definition) is 1. The Balaban J connectivity index is 2.23. The number of hydrogen-bond acceptors (Lipinski definition) is 4. The van der Waals surface area contributed by atoms with Crippen LogP contribution in [0.25, 0.3) is 0 Å². The van der Waals surface area contributed by atoms with Crippen molar-refractivity contribution in [2.75, 3.05) is 5.75 Å². The van der Waals surface area contributed by atoms with Crippen LogP contribution in [0.3, 0.4) is 0 Å². The van der Waals surface area contributed by atoms with Crippen LogP contribution < -0.4 is 0 Å². The molecule has 1 aliphatic carbocycles. The first-order valence-corrected chi connectivity index (χ1v) is 8.29. The minimum atomic E-state index is -0.812. The Kier molecular flexibility index (Phi) is 5.07. The van der Waals surface area contributed by atoms with Gasteiger partial charge in [-0.2, -0.15) is 0 Å². The molecule has 3 unspecified atom stereocenters. The maximum Gasteiger partial charge on any atom is 0.313 e. The van der Waals surface area contributed by atoms with E-state index in [1.807, 2.05) is 0 Å². The van der Waals surface area contributed by atoms with Gasteiger partial charge in [-0.1, -0.05) is 32.5 Å². The van der Waals surface area contributed by atoms with Gasteiger partial charge in [0.15, 0.2) is 5.16 Å². The molecular weight excluding hydrogens is 274 g/mol. The highest BCUT2D eigenvalue weighted by atomic mass is 32.2. The van der Waals surface area contributed by atoms with E-state index in [1.54, 1.807) is 0 Å². The van der Waals surface area contributed by atoms with E-state index in [0.717, 1.165) is 29.7 Å². The molecule has 0 saturated heterocycles. The number of carboxylic acids is 1. The second-order valence-electron chi connectivity index (χ2n) is 5.77. The van der Waals surface area contributed by atoms with Crippen LogP contribution in [-0.2, 0) is 11.2 Å². The number of carbonyl (C=O) groups is 1. The summed E-state index contributed by atoms with van der Waals surface area (Å²) in [7, 11) is 0. The molecule has 20 heavy (non-hydrogen) atoms. The van der Waals surface area contributed by atoms with Gasteiger partial charge in [-0.05, 0) is 31.1 Å². The Morgan fingerprint density at radius 3 is 2.75 bits per heavy atom. The molecule has 6 heteroatoms. The lowest BCUT2D eigenvalue weighted by Gasteiger charge is -2.34. The Hall–Kier alpha value is -1.04. The monoisotopic (exact) mass is 297 g/mol. The third-order valence-electron chi connectivity index (χ3n) is 4.09. The summed E-state index contributed by atoms with van der Waals surface area (Å²) in [6, 6.07) is 0.410. The van der Waals surface area contributed by atoms with Crippen molar-refractivity contribution < 1.29 is 9.90 Å². The lowest BCUT2D eigenvalue weighted by atomic mass is 9.79. The normalized spacial score (nSPS) is 26.6. The fraction of sp³-hybridized carbons (Fsp3) is 0.786. The highest BCUT2D eigenvalue weighted by molar-refractivity contribution is 7.99. The molecule has 1 aromatic rings. The van der Waals surface area contributed by atoms with E-state index < -0.39 is 5.97 Å². The predicted octanol–water partition coefficient (Wildman–Crippen LogP) is 3.01. The van der Waals surface area contributed by atoms with Crippen molar-refractivity contribution in [2.24, 2.45) is 11.8 Å². The van der Waals surface area contributed by atoms with Crippen molar-refractivity contribution >= 4 is 17.7 Å². The summed E-state index contributed by atoms with van der Waals surface area (Å²) in [5.74, 6) is 1.57. The van der Waals surface area contributed by atoms with Gasteiger partial charge in [0, 0.05) is 12.5 Å². The first-order chi connectivity index (χ1) is 9.52. The highest BCUT2D eigenvalue weighted by Crippen LogP contribution is 2.39. The summed E-state index contributed by atoms with van der Waals surface area (Å²) in [6.07, 6.45) is 4.40. The van der Waals surface area contributed by atoms with E-state index in [9.17, 15) is 4.79 Å². The van der Waals surface area contributed by atoms with Crippen molar-refractivity contribution in [3.63, 3.8) is 0 Å². The second kappa shape index (κ2) is 6.61. The van der Waals surface area contributed by atoms with Gasteiger partial charge in [0.2, 0.25) is 0 Å². The van der Waals surface area contributed by atoms with Gasteiger partial charge >= 0.3 is 5.97 Å².